The van der Waals surface area contributed by atoms with E-state index < -0.39 is 0 Å². The van der Waals surface area contributed by atoms with Crippen LogP contribution in [0.15, 0.2) is 36.4 Å². The minimum Gasteiger partial charge on any atom is -0.398 e. The van der Waals surface area contributed by atoms with E-state index in [1.54, 1.807) is 0 Å². The number of fused-ring (bicyclic) bond motifs is 3. The number of rotatable bonds is 0. The fourth-order valence-corrected chi connectivity index (χ4v) is 2.14. The molecule has 0 radical (unpaired) electrons. The fraction of sp³-hybridized carbons (Fsp3) is 0.0769. The summed E-state index contributed by atoms with van der Waals surface area (Å²) in [5.41, 5.74) is 10.5. The molecule has 0 bridgehead atoms. The van der Waals surface area contributed by atoms with Gasteiger partial charge in [0.15, 0.2) is 0 Å². The third kappa shape index (κ3) is 1.18. The molecule has 0 saturated heterocycles. The Labute approximate surface area is 88.1 Å². The number of aromatic nitrogens is 1. The lowest BCUT2D eigenvalue weighted by Gasteiger charge is -1.99. The second-order valence-corrected chi connectivity index (χ2v) is 3.78. The zero-order chi connectivity index (χ0) is 10.3. The molecule has 3 N–H and O–H groups in total. The molecule has 1 aromatic carbocycles. The summed E-state index contributed by atoms with van der Waals surface area (Å²) in [6.07, 6.45) is 9.31. The first-order valence-corrected chi connectivity index (χ1v) is 5.08. The predicted octanol–water partition coefficient (Wildman–Crippen LogP) is 2.88. The van der Waals surface area contributed by atoms with Crippen LogP contribution in [0, 0.1) is 0 Å². The van der Waals surface area contributed by atoms with Crippen LogP contribution >= 0.6 is 0 Å². The number of allylic oxidation sites excluding steroid dienone is 3. The fourth-order valence-electron chi connectivity index (χ4n) is 2.14. The Morgan fingerprint density at radius 2 is 2.13 bits per heavy atom. The number of nitrogens with one attached hydrogen (secondary N) is 1. The van der Waals surface area contributed by atoms with Crippen LogP contribution in [0.25, 0.3) is 17.0 Å². The number of aromatic amines is 1. The van der Waals surface area contributed by atoms with Crippen LogP contribution in [0.4, 0.5) is 5.69 Å². The van der Waals surface area contributed by atoms with Crippen molar-refractivity contribution >= 4 is 22.7 Å². The van der Waals surface area contributed by atoms with E-state index in [1.807, 2.05) is 12.1 Å². The van der Waals surface area contributed by atoms with Crippen molar-refractivity contribution in [1.82, 2.24) is 4.98 Å². The molecule has 0 unspecified atom stereocenters. The van der Waals surface area contributed by atoms with Gasteiger partial charge in [0.1, 0.15) is 0 Å². The number of nitrogen functional groups attached to an aromatic ring is 1. The first kappa shape index (κ1) is 8.36. The van der Waals surface area contributed by atoms with Gasteiger partial charge in [0.2, 0.25) is 0 Å². The summed E-state index contributed by atoms with van der Waals surface area (Å²) >= 11 is 0. The van der Waals surface area contributed by atoms with Crippen molar-refractivity contribution in [2.24, 2.45) is 0 Å². The summed E-state index contributed by atoms with van der Waals surface area (Å²) in [6.45, 7) is 0. The Morgan fingerprint density at radius 3 is 3.07 bits per heavy atom. The molecule has 0 atom stereocenters. The van der Waals surface area contributed by atoms with Gasteiger partial charge >= 0.3 is 0 Å². The second-order valence-electron chi connectivity index (χ2n) is 3.78. The molecule has 2 heteroatoms. The van der Waals surface area contributed by atoms with E-state index in [0.29, 0.717) is 0 Å². The molecule has 1 aromatic heterocycles. The molecule has 0 amide bonds. The van der Waals surface area contributed by atoms with E-state index in [4.69, 9.17) is 5.73 Å². The third-order valence-electron chi connectivity index (χ3n) is 2.82. The highest BCUT2D eigenvalue weighted by Gasteiger charge is 2.11. The smallest absolute Gasteiger partial charge is 0.0482 e. The maximum atomic E-state index is 6.01. The van der Waals surface area contributed by atoms with Crippen LogP contribution < -0.4 is 5.73 Å². The van der Waals surface area contributed by atoms with Crippen molar-refractivity contribution in [3.05, 3.63) is 47.7 Å². The van der Waals surface area contributed by atoms with Gasteiger partial charge in [-0.05, 0) is 30.2 Å². The molecule has 15 heavy (non-hydrogen) atoms. The summed E-state index contributed by atoms with van der Waals surface area (Å²) < 4.78 is 0. The number of nitrogens with two attached hydrogens (primary N) is 1. The van der Waals surface area contributed by atoms with Crippen LogP contribution in [0.3, 0.4) is 0 Å². The largest absolute Gasteiger partial charge is 0.398 e. The van der Waals surface area contributed by atoms with Crippen molar-refractivity contribution in [2.75, 3.05) is 5.73 Å². The maximum absolute atomic E-state index is 6.01. The molecule has 0 spiro atoms. The van der Waals surface area contributed by atoms with Crippen LogP contribution in [0.5, 0.6) is 0 Å². The van der Waals surface area contributed by atoms with E-state index in [0.717, 1.165) is 17.6 Å². The molecule has 1 aliphatic rings. The molecule has 1 heterocycles. The van der Waals surface area contributed by atoms with Gasteiger partial charge in [0.25, 0.3) is 0 Å². The van der Waals surface area contributed by atoms with Gasteiger partial charge in [0.05, 0.1) is 0 Å². The standard InChI is InChI=1S/C13H12N2/c14-10-6-4-8-12-13(10)9-5-2-1-3-7-11(9)15-12/h1-4,6-8,15H,5,14H2. The molecule has 3 rings (SSSR count). The average molecular weight is 196 g/mol. The minimum absolute atomic E-state index is 0.855. The average Bonchev–Trinajstić information content (AvgIpc) is 2.43. The van der Waals surface area contributed by atoms with E-state index in [1.165, 1.54) is 16.6 Å². The Kier molecular flexibility index (Phi) is 1.68. The first-order chi connectivity index (χ1) is 7.36. The van der Waals surface area contributed by atoms with Crippen LogP contribution in [0.1, 0.15) is 11.3 Å². The second kappa shape index (κ2) is 3.02. The van der Waals surface area contributed by atoms with Gasteiger partial charge in [-0.2, -0.15) is 0 Å². The van der Waals surface area contributed by atoms with E-state index in [9.17, 15) is 0 Å². The highest BCUT2D eigenvalue weighted by Crippen LogP contribution is 2.29. The molecular weight excluding hydrogens is 184 g/mol. The Hall–Kier alpha value is -1.96. The molecule has 0 saturated carbocycles. The molecular formula is C13H12N2. The van der Waals surface area contributed by atoms with Gasteiger partial charge in [-0.1, -0.05) is 24.3 Å². The van der Waals surface area contributed by atoms with Gasteiger partial charge in [-0.15, -0.1) is 0 Å². The SMILES string of the molecule is Nc1cccc2[nH]c3c(c12)CC=CC=C3. The molecule has 0 fully saturated rings. The summed E-state index contributed by atoms with van der Waals surface area (Å²) in [5.74, 6) is 0. The van der Waals surface area contributed by atoms with Crippen LogP contribution in [-0.4, -0.2) is 4.98 Å². The minimum atomic E-state index is 0.855. The van der Waals surface area contributed by atoms with Gasteiger partial charge in [-0.25, -0.2) is 0 Å². The topological polar surface area (TPSA) is 41.8 Å². The van der Waals surface area contributed by atoms with E-state index in [-0.39, 0.29) is 0 Å². The Morgan fingerprint density at radius 1 is 1.20 bits per heavy atom. The molecule has 1 aliphatic carbocycles. The summed E-state index contributed by atoms with van der Waals surface area (Å²) in [4.78, 5) is 3.39. The Balaban J connectivity index is 2.41. The van der Waals surface area contributed by atoms with Gasteiger partial charge in [-0.3, -0.25) is 0 Å². The van der Waals surface area contributed by atoms with Crippen molar-refractivity contribution < 1.29 is 0 Å². The summed E-state index contributed by atoms with van der Waals surface area (Å²) in [7, 11) is 0. The lowest BCUT2D eigenvalue weighted by atomic mass is 10.1. The number of benzene rings is 1. The number of hydrogen-bond acceptors (Lipinski definition) is 1. The molecule has 0 aliphatic heterocycles. The molecule has 2 aromatic rings. The molecule has 2 nitrogen and oxygen atoms in total. The lowest BCUT2D eigenvalue weighted by molar-refractivity contribution is 1.27. The van der Waals surface area contributed by atoms with Gasteiger partial charge in [0, 0.05) is 22.3 Å². The van der Waals surface area contributed by atoms with E-state index in [2.05, 4.69) is 35.4 Å². The quantitative estimate of drug-likeness (QED) is 0.625. The van der Waals surface area contributed by atoms with Gasteiger partial charge < -0.3 is 10.7 Å². The van der Waals surface area contributed by atoms with Crippen molar-refractivity contribution in [3.63, 3.8) is 0 Å². The maximum Gasteiger partial charge on any atom is 0.0482 e. The van der Waals surface area contributed by atoms with Crippen molar-refractivity contribution in [2.45, 2.75) is 6.42 Å². The lowest BCUT2D eigenvalue weighted by Crippen LogP contribution is -1.88. The van der Waals surface area contributed by atoms with Crippen LogP contribution in [0.2, 0.25) is 0 Å². The highest BCUT2D eigenvalue weighted by atomic mass is 14.7. The first-order valence-electron chi connectivity index (χ1n) is 5.08. The monoisotopic (exact) mass is 196 g/mol. The van der Waals surface area contributed by atoms with Crippen molar-refractivity contribution in [3.8, 4) is 0 Å². The summed E-state index contributed by atoms with van der Waals surface area (Å²) in [6, 6.07) is 6.00. The molecule has 74 valence electrons. The predicted molar refractivity (Wildman–Crippen MR) is 64.6 cm³/mol. The van der Waals surface area contributed by atoms with Crippen LogP contribution in [-0.2, 0) is 6.42 Å². The van der Waals surface area contributed by atoms with E-state index >= 15 is 0 Å². The third-order valence-corrected chi connectivity index (χ3v) is 2.82. The van der Waals surface area contributed by atoms with Crippen molar-refractivity contribution in [1.29, 1.82) is 0 Å². The zero-order valence-electron chi connectivity index (χ0n) is 8.33. The number of anilines is 1. The number of H-pyrrole nitrogens is 1. The Bertz CT molecular complexity index is 573. The normalized spacial score (nSPS) is 14.1. The number of hydrogen-bond donors (Lipinski definition) is 2. The summed E-state index contributed by atoms with van der Waals surface area (Å²) in [5, 5.41) is 1.17. The zero-order valence-corrected chi connectivity index (χ0v) is 8.33. The highest BCUT2D eigenvalue weighted by molar-refractivity contribution is 5.96.